The molecule has 1 aromatic carbocycles. The van der Waals surface area contributed by atoms with Gasteiger partial charge in [-0.3, -0.25) is 10.1 Å². The van der Waals surface area contributed by atoms with Gasteiger partial charge in [0, 0.05) is 5.69 Å². The van der Waals surface area contributed by atoms with Crippen molar-refractivity contribution in [3.63, 3.8) is 0 Å². The molecule has 0 unspecified atom stereocenters. The Morgan fingerprint density at radius 1 is 1.40 bits per heavy atom. The number of carbonyl (C=O) groups is 1. The number of nitrogens with one attached hydrogen (secondary N) is 1. The monoisotopic (exact) mass is 201 g/mol. The number of benzene rings is 1. The lowest BCUT2D eigenvalue weighted by atomic mass is 9.95. The molecule has 0 aromatic heterocycles. The molecule has 76 valence electrons. The van der Waals surface area contributed by atoms with Gasteiger partial charge in [-0.2, -0.15) is 5.26 Å². The van der Waals surface area contributed by atoms with Gasteiger partial charge >= 0.3 is 0 Å². The molecule has 0 atom stereocenters. The fraction of sp³-hybridized carbons (Fsp3) is 0.273. The predicted molar refractivity (Wildman–Crippen MR) is 55.5 cm³/mol. The minimum Gasteiger partial charge on any atom is -0.399 e. The van der Waals surface area contributed by atoms with Gasteiger partial charge in [-0.05, 0) is 30.5 Å². The van der Waals surface area contributed by atoms with E-state index in [1.54, 1.807) is 18.3 Å². The highest BCUT2D eigenvalue weighted by Gasteiger charge is 2.51. The van der Waals surface area contributed by atoms with Gasteiger partial charge < -0.3 is 5.73 Å². The van der Waals surface area contributed by atoms with Crippen LogP contribution in [0.5, 0.6) is 0 Å². The molecule has 1 saturated carbocycles. The van der Waals surface area contributed by atoms with E-state index in [2.05, 4.69) is 5.32 Å². The average Bonchev–Trinajstić information content (AvgIpc) is 3.00. The zero-order valence-corrected chi connectivity index (χ0v) is 8.16. The average molecular weight is 201 g/mol. The van der Waals surface area contributed by atoms with E-state index in [-0.39, 0.29) is 5.91 Å². The largest absolute Gasteiger partial charge is 0.399 e. The van der Waals surface area contributed by atoms with E-state index in [0.717, 1.165) is 18.4 Å². The molecule has 1 aliphatic carbocycles. The van der Waals surface area contributed by atoms with Crippen LogP contribution in [0.1, 0.15) is 18.4 Å². The first-order chi connectivity index (χ1) is 7.19. The van der Waals surface area contributed by atoms with Crippen LogP contribution in [-0.4, -0.2) is 5.91 Å². The van der Waals surface area contributed by atoms with E-state index in [1.807, 2.05) is 12.1 Å². The van der Waals surface area contributed by atoms with Crippen LogP contribution in [0.4, 0.5) is 5.69 Å². The highest BCUT2D eigenvalue weighted by molar-refractivity contribution is 5.92. The van der Waals surface area contributed by atoms with Gasteiger partial charge in [0.05, 0.1) is 5.41 Å². The highest BCUT2D eigenvalue weighted by atomic mass is 16.2. The van der Waals surface area contributed by atoms with Crippen molar-refractivity contribution in [2.24, 2.45) is 0 Å². The van der Waals surface area contributed by atoms with Gasteiger partial charge in [0.2, 0.25) is 5.91 Å². The zero-order valence-electron chi connectivity index (χ0n) is 8.16. The Bertz CT molecular complexity index is 426. The van der Waals surface area contributed by atoms with Crippen molar-refractivity contribution in [2.45, 2.75) is 18.3 Å². The number of nitrogen functional groups attached to an aromatic ring is 1. The Morgan fingerprint density at radius 3 is 2.47 bits per heavy atom. The quantitative estimate of drug-likeness (QED) is 0.424. The molecular weight excluding hydrogens is 190 g/mol. The Labute approximate surface area is 87.7 Å². The third-order valence-electron chi connectivity index (χ3n) is 2.82. The van der Waals surface area contributed by atoms with Gasteiger partial charge in [-0.25, -0.2) is 0 Å². The van der Waals surface area contributed by atoms with Crippen LogP contribution in [0.25, 0.3) is 0 Å². The molecule has 1 aliphatic rings. The second-order valence-electron chi connectivity index (χ2n) is 3.77. The molecule has 4 nitrogen and oxygen atoms in total. The third kappa shape index (κ3) is 1.52. The second kappa shape index (κ2) is 3.28. The Morgan fingerprint density at radius 2 is 2.00 bits per heavy atom. The van der Waals surface area contributed by atoms with Crippen LogP contribution in [0, 0.1) is 11.5 Å². The van der Waals surface area contributed by atoms with E-state index in [9.17, 15) is 4.79 Å². The molecule has 0 radical (unpaired) electrons. The van der Waals surface area contributed by atoms with Gasteiger partial charge in [0.1, 0.15) is 0 Å². The maximum atomic E-state index is 11.6. The van der Waals surface area contributed by atoms with Crippen LogP contribution in [-0.2, 0) is 10.2 Å². The maximum absolute atomic E-state index is 11.6. The fourth-order valence-electron chi connectivity index (χ4n) is 1.74. The van der Waals surface area contributed by atoms with Crippen LogP contribution >= 0.6 is 0 Å². The lowest BCUT2D eigenvalue weighted by Gasteiger charge is -2.12. The molecule has 1 fully saturated rings. The number of nitrogens with zero attached hydrogens (tertiary/aromatic N) is 1. The number of hydrogen-bond acceptors (Lipinski definition) is 3. The van der Waals surface area contributed by atoms with Gasteiger partial charge in [-0.15, -0.1) is 0 Å². The molecule has 0 heterocycles. The van der Waals surface area contributed by atoms with E-state index in [4.69, 9.17) is 11.0 Å². The van der Waals surface area contributed by atoms with Crippen molar-refractivity contribution in [3.05, 3.63) is 29.8 Å². The van der Waals surface area contributed by atoms with Crippen molar-refractivity contribution in [3.8, 4) is 6.19 Å². The Kier molecular flexibility index (Phi) is 2.09. The van der Waals surface area contributed by atoms with Gasteiger partial charge in [0.15, 0.2) is 6.19 Å². The van der Waals surface area contributed by atoms with Crippen molar-refractivity contribution in [2.75, 3.05) is 5.73 Å². The topological polar surface area (TPSA) is 78.9 Å². The summed E-state index contributed by atoms with van der Waals surface area (Å²) in [5, 5.41) is 10.6. The first-order valence-electron chi connectivity index (χ1n) is 4.74. The second-order valence-corrected chi connectivity index (χ2v) is 3.77. The van der Waals surface area contributed by atoms with Crippen molar-refractivity contribution >= 4 is 11.6 Å². The van der Waals surface area contributed by atoms with E-state index in [0.29, 0.717) is 5.69 Å². The number of nitrogens with two attached hydrogens (primary N) is 1. The first kappa shape index (κ1) is 9.53. The minimum absolute atomic E-state index is 0.213. The summed E-state index contributed by atoms with van der Waals surface area (Å²) >= 11 is 0. The molecule has 15 heavy (non-hydrogen) atoms. The molecule has 2 rings (SSSR count). The number of anilines is 1. The SMILES string of the molecule is N#CNC(=O)C1(c2ccc(N)cc2)CC1. The van der Waals surface area contributed by atoms with Crippen LogP contribution in [0.15, 0.2) is 24.3 Å². The van der Waals surface area contributed by atoms with Crippen molar-refractivity contribution in [1.29, 1.82) is 5.26 Å². The summed E-state index contributed by atoms with van der Waals surface area (Å²) in [7, 11) is 0. The smallest absolute Gasteiger partial charge is 0.243 e. The number of rotatable bonds is 2. The van der Waals surface area contributed by atoms with E-state index < -0.39 is 5.41 Å². The molecule has 0 spiro atoms. The summed E-state index contributed by atoms with van der Waals surface area (Å²) in [6.45, 7) is 0. The normalized spacial score (nSPS) is 16.5. The zero-order chi connectivity index (χ0) is 10.9. The molecule has 1 aromatic rings. The van der Waals surface area contributed by atoms with Gasteiger partial charge in [-0.1, -0.05) is 12.1 Å². The Balaban J connectivity index is 2.27. The van der Waals surface area contributed by atoms with Gasteiger partial charge in [0.25, 0.3) is 0 Å². The third-order valence-corrected chi connectivity index (χ3v) is 2.82. The van der Waals surface area contributed by atoms with Crippen molar-refractivity contribution < 1.29 is 4.79 Å². The Hall–Kier alpha value is -2.02. The minimum atomic E-state index is -0.483. The molecule has 4 heteroatoms. The lowest BCUT2D eigenvalue weighted by molar-refractivity contribution is -0.122. The number of hydrogen-bond donors (Lipinski definition) is 2. The predicted octanol–water partition coefficient (Wildman–Crippen LogP) is 0.898. The first-order valence-corrected chi connectivity index (χ1v) is 4.74. The summed E-state index contributed by atoms with van der Waals surface area (Å²) in [5.41, 5.74) is 6.70. The fourth-order valence-corrected chi connectivity index (χ4v) is 1.74. The van der Waals surface area contributed by atoms with Crippen molar-refractivity contribution in [1.82, 2.24) is 5.32 Å². The van der Waals surface area contributed by atoms with E-state index >= 15 is 0 Å². The number of nitriles is 1. The maximum Gasteiger partial charge on any atom is 0.243 e. The molecule has 3 N–H and O–H groups in total. The number of amides is 1. The summed E-state index contributed by atoms with van der Waals surface area (Å²) in [4.78, 5) is 11.6. The summed E-state index contributed by atoms with van der Waals surface area (Å²) in [6.07, 6.45) is 3.26. The standard InChI is InChI=1S/C11H11N3O/c12-7-14-10(15)11(5-6-11)8-1-3-9(13)4-2-8/h1-4H,5-6,13H2,(H,14,15). The summed E-state index contributed by atoms with van der Waals surface area (Å²) < 4.78 is 0. The molecule has 0 bridgehead atoms. The summed E-state index contributed by atoms with van der Waals surface area (Å²) in [5.74, 6) is -0.213. The lowest BCUT2D eigenvalue weighted by Crippen LogP contribution is -2.31. The molecule has 1 amide bonds. The van der Waals surface area contributed by atoms with Crippen LogP contribution in [0.2, 0.25) is 0 Å². The van der Waals surface area contributed by atoms with Crippen LogP contribution < -0.4 is 11.1 Å². The molecule has 0 aliphatic heterocycles. The highest BCUT2D eigenvalue weighted by Crippen LogP contribution is 2.48. The molecular formula is C11H11N3O. The number of carbonyl (C=O) groups excluding carboxylic acids is 1. The van der Waals surface area contributed by atoms with E-state index in [1.165, 1.54) is 0 Å². The molecule has 0 saturated heterocycles. The summed E-state index contributed by atoms with van der Waals surface area (Å²) in [6, 6.07) is 7.24. The van der Waals surface area contributed by atoms with Crippen LogP contribution in [0.3, 0.4) is 0 Å².